The summed E-state index contributed by atoms with van der Waals surface area (Å²) in [6.07, 6.45) is 9.87. The first kappa shape index (κ1) is 20.2. The highest BCUT2D eigenvalue weighted by molar-refractivity contribution is 5.26. The van der Waals surface area contributed by atoms with Gasteiger partial charge in [0.2, 0.25) is 0 Å². The summed E-state index contributed by atoms with van der Waals surface area (Å²) in [4.78, 5) is 0. The molecule has 0 saturated carbocycles. The topological polar surface area (TPSA) is 29.5 Å². The number of hydrogen-bond donors (Lipinski definition) is 1. The van der Waals surface area contributed by atoms with Gasteiger partial charge in [-0.25, -0.2) is 0 Å². The summed E-state index contributed by atoms with van der Waals surface area (Å²) in [6.45, 7) is 9.34. The quantitative estimate of drug-likeness (QED) is 0.439. The molecule has 0 aromatic heterocycles. The Hall–Kier alpha value is -1.12. The average Bonchev–Trinajstić information content (AvgIpc) is 2.62. The van der Waals surface area contributed by atoms with E-state index >= 15 is 0 Å². The zero-order valence-electron chi connectivity index (χ0n) is 16.2. The van der Waals surface area contributed by atoms with Crippen LogP contribution >= 0.6 is 0 Å². The number of allylic oxidation sites excluding steroid dienone is 1. The number of aliphatic hydroxyl groups excluding tert-OH is 1. The van der Waals surface area contributed by atoms with Gasteiger partial charge in [0.25, 0.3) is 0 Å². The second-order valence-corrected chi connectivity index (χ2v) is 7.88. The molecule has 1 fully saturated rings. The molecule has 2 heteroatoms. The van der Waals surface area contributed by atoms with E-state index in [9.17, 15) is 5.11 Å². The molecule has 1 aliphatic rings. The number of benzene rings is 1. The lowest BCUT2D eigenvalue weighted by atomic mass is 9.88. The van der Waals surface area contributed by atoms with Crippen molar-refractivity contribution in [1.29, 1.82) is 0 Å². The summed E-state index contributed by atoms with van der Waals surface area (Å²) in [5.74, 6) is 0.825. The largest absolute Gasteiger partial charge is 0.396 e. The zero-order chi connectivity index (χ0) is 18.1. The van der Waals surface area contributed by atoms with Crippen LogP contribution in [-0.4, -0.2) is 24.4 Å². The van der Waals surface area contributed by atoms with Gasteiger partial charge in [0, 0.05) is 12.5 Å². The Kier molecular flexibility index (Phi) is 8.71. The van der Waals surface area contributed by atoms with Crippen LogP contribution in [0, 0.1) is 5.92 Å². The molecule has 3 unspecified atom stereocenters. The Balaban J connectivity index is 1.81. The lowest BCUT2D eigenvalue weighted by Gasteiger charge is -2.29. The monoisotopic (exact) mass is 344 g/mol. The molecule has 140 valence electrons. The van der Waals surface area contributed by atoms with Gasteiger partial charge in [0.1, 0.15) is 0 Å². The van der Waals surface area contributed by atoms with Crippen molar-refractivity contribution < 1.29 is 9.84 Å². The molecule has 1 aromatic rings. The first-order valence-corrected chi connectivity index (χ1v) is 10.1. The Morgan fingerprint density at radius 1 is 1.24 bits per heavy atom. The third kappa shape index (κ3) is 6.95. The smallest absolute Gasteiger partial charge is 0.0575 e. The highest BCUT2D eigenvalue weighted by Crippen LogP contribution is 2.30. The molecule has 1 heterocycles. The highest BCUT2D eigenvalue weighted by atomic mass is 16.5. The minimum Gasteiger partial charge on any atom is -0.396 e. The van der Waals surface area contributed by atoms with Crippen molar-refractivity contribution in [2.45, 2.75) is 77.2 Å². The van der Waals surface area contributed by atoms with E-state index < -0.39 is 0 Å². The summed E-state index contributed by atoms with van der Waals surface area (Å²) >= 11 is 0. The van der Waals surface area contributed by atoms with Gasteiger partial charge in [0.05, 0.1) is 12.7 Å². The summed E-state index contributed by atoms with van der Waals surface area (Å²) in [5, 5.41) is 9.54. The Labute approximate surface area is 154 Å². The molecule has 0 radical (unpaired) electrons. The number of hydrogen-bond acceptors (Lipinski definition) is 2. The third-order valence-electron chi connectivity index (χ3n) is 5.37. The number of unbranched alkanes of at least 4 members (excludes halogenated alkanes) is 2. The van der Waals surface area contributed by atoms with Crippen LogP contribution in [0.15, 0.2) is 36.4 Å². The second kappa shape index (κ2) is 10.8. The van der Waals surface area contributed by atoms with Crippen molar-refractivity contribution in [1.82, 2.24) is 0 Å². The van der Waals surface area contributed by atoms with Crippen LogP contribution in [0.25, 0.3) is 0 Å². The number of ether oxygens (including phenoxy) is 1. The molecule has 0 spiro atoms. The minimum absolute atomic E-state index is 0.227. The molecule has 0 bridgehead atoms. The van der Waals surface area contributed by atoms with E-state index in [1.54, 1.807) is 0 Å². The van der Waals surface area contributed by atoms with E-state index in [-0.39, 0.29) is 12.5 Å². The van der Waals surface area contributed by atoms with Gasteiger partial charge < -0.3 is 9.84 Å². The summed E-state index contributed by atoms with van der Waals surface area (Å²) in [6, 6.07) is 8.97. The first-order chi connectivity index (χ1) is 12.1. The lowest BCUT2D eigenvalue weighted by molar-refractivity contribution is -0.00208. The summed E-state index contributed by atoms with van der Waals surface area (Å²) in [5.41, 5.74) is 3.85. The maximum Gasteiger partial charge on any atom is 0.0575 e. The van der Waals surface area contributed by atoms with Crippen molar-refractivity contribution in [3.8, 4) is 0 Å². The van der Waals surface area contributed by atoms with Crippen LogP contribution < -0.4 is 0 Å². The van der Waals surface area contributed by atoms with Crippen LogP contribution in [0.2, 0.25) is 0 Å². The van der Waals surface area contributed by atoms with E-state index in [1.807, 2.05) is 6.92 Å². The van der Waals surface area contributed by atoms with E-state index in [2.05, 4.69) is 37.8 Å². The van der Waals surface area contributed by atoms with E-state index in [0.29, 0.717) is 12.0 Å². The molecule has 1 saturated heterocycles. The predicted octanol–water partition coefficient (Wildman–Crippen LogP) is 5.65. The molecular formula is C23H36O2. The fourth-order valence-corrected chi connectivity index (χ4v) is 3.87. The molecule has 0 aliphatic carbocycles. The van der Waals surface area contributed by atoms with Crippen LogP contribution in [0.1, 0.15) is 75.8 Å². The van der Waals surface area contributed by atoms with Gasteiger partial charge >= 0.3 is 0 Å². The van der Waals surface area contributed by atoms with Crippen molar-refractivity contribution in [2.75, 3.05) is 13.2 Å². The van der Waals surface area contributed by atoms with Crippen molar-refractivity contribution >= 4 is 0 Å². The second-order valence-electron chi connectivity index (χ2n) is 7.88. The molecule has 2 nitrogen and oxygen atoms in total. The Morgan fingerprint density at radius 2 is 2.00 bits per heavy atom. The molecule has 2 rings (SSSR count). The molecule has 0 amide bonds. The van der Waals surface area contributed by atoms with E-state index in [1.165, 1.54) is 49.7 Å². The van der Waals surface area contributed by atoms with Crippen molar-refractivity contribution in [2.24, 2.45) is 5.92 Å². The van der Waals surface area contributed by atoms with Gasteiger partial charge in [-0.3, -0.25) is 0 Å². The summed E-state index contributed by atoms with van der Waals surface area (Å²) in [7, 11) is 0. The van der Waals surface area contributed by atoms with Gasteiger partial charge in [-0.15, -0.1) is 6.58 Å². The van der Waals surface area contributed by atoms with Gasteiger partial charge in [-0.05, 0) is 56.1 Å². The molecular weight excluding hydrogens is 308 g/mol. The zero-order valence-corrected chi connectivity index (χ0v) is 16.2. The van der Waals surface area contributed by atoms with Gasteiger partial charge in [-0.1, -0.05) is 56.0 Å². The molecule has 25 heavy (non-hydrogen) atoms. The lowest BCUT2D eigenvalue weighted by Crippen LogP contribution is -2.24. The van der Waals surface area contributed by atoms with Gasteiger partial charge in [0.15, 0.2) is 0 Å². The fraction of sp³-hybridized carbons (Fsp3) is 0.652. The van der Waals surface area contributed by atoms with Crippen molar-refractivity contribution in [3.63, 3.8) is 0 Å². The standard InChI is InChI=1S/C23H36O2/c1-4-5-6-7-23-13-12-22(17-25-23)21-10-8-19(9-11-21)15-20(16-24)14-18(2)3/h8-11,20,22-24H,2,4-7,12-17H2,1,3H3. The normalized spacial score (nSPS) is 21.9. The third-order valence-corrected chi connectivity index (χ3v) is 5.37. The molecule has 3 atom stereocenters. The number of rotatable bonds is 10. The van der Waals surface area contributed by atoms with Gasteiger partial charge in [-0.2, -0.15) is 0 Å². The molecule has 1 aliphatic heterocycles. The fourth-order valence-electron chi connectivity index (χ4n) is 3.87. The highest BCUT2D eigenvalue weighted by Gasteiger charge is 2.22. The number of aliphatic hydroxyl groups is 1. The maximum absolute atomic E-state index is 9.54. The minimum atomic E-state index is 0.227. The van der Waals surface area contributed by atoms with E-state index in [0.717, 1.165) is 25.0 Å². The molecule has 1 N–H and O–H groups in total. The SMILES string of the molecule is C=C(C)CC(CO)Cc1ccc(C2CCC(CCCCC)OC2)cc1. The average molecular weight is 345 g/mol. The van der Waals surface area contributed by atoms with Crippen LogP contribution in [-0.2, 0) is 11.2 Å². The van der Waals surface area contributed by atoms with E-state index in [4.69, 9.17) is 4.74 Å². The Bertz CT molecular complexity index is 497. The first-order valence-electron chi connectivity index (χ1n) is 10.1. The van der Waals surface area contributed by atoms with Crippen LogP contribution in [0.4, 0.5) is 0 Å². The van der Waals surface area contributed by atoms with Crippen LogP contribution in [0.5, 0.6) is 0 Å². The Morgan fingerprint density at radius 3 is 2.56 bits per heavy atom. The molecule has 1 aromatic carbocycles. The predicted molar refractivity (Wildman–Crippen MR) is 106 cm³/mol. The summed E-state index contributed by atoms with van der Waals surface area (Å²) < 4.78 is 6.10. The van der Waals surface area contributed by atoms with Crippen LogP contribution in [0.3, 0.4) is 0 Å². The van der Waals surface area contributed by atoms with Crippen molar-refractivity contribution in [3.05, 3.63) is 47.5 Å². The maximum atomic E-state index is 9.54.